The number of carbonyl (C=O) groups is 2. The number of nitrogens with one attached hydrogen (secondary N) is 1. The van der Waals surface area contributed by atoms with Gasteiger partial charge in [-0.1, -0.05) is 45.1 Å². The number of benzene rings is 1. The molecule has 7 nitrogen and oxygen atoms in total. The molecule has 2 heterocycles. The van der Waals surface area contributed by atoms with Crippen molar-refractivity contribution in [3.05, 3.63) is 52.0 Å². The van der Waals surface area contributed by atoms with Gasteiger partial charge in [0.1, 0.15) is 5.82 Å². The molecule has 210 valence electrons. The zero-order chi connectivity index (χ0) is 27.5. The number of rotatable bonds is 9. The van der Waals surface area contributed by atoms with Crippen LogP contribution in [0, 0.1) is 17.8 Å². The van der Waals surface area contributed by atoms with Crippen molar-refractivity contribution in [3.63, 3.8) is 0 Å². The highest BCUT2D eigenvalue weighted by Gasteiger charge is 2.38. The largest absolute Gasteiger partial charge is 0.481 e. The van der Waals surface area contributed by atoms with Crippen LogP contribution in [0.15, 0.2) is 35.7 Å². The van der Waals surface area contributed by atoms with Crippen LogP contribution in [0.5, 0.6) is 0 Å². The van der Waals surface area contributed by atoms with Crippen molar-refractivity contribution < 1.29 is 19.8 Å². The molecule has 0 aliphatic heterocycles. The normalized spacial score (nSPS) is 22.8. The molecule has 2 aromatic heterocycles. The molecule has 2 aliphatic rings. The zero-order valence-electron chi connectivity index (χ0n) is 23.0. The van der Waals surface area contributed by atoms with Gasteiger partial charge in [-0.05, 0) is 74.1 Å². The molecule has 0 bridgehead atoms. The van der Waals surface area contributed by atoms with Gasteiger partial charge in [0.05, 0.1) is 29.1 Å². The van der Waals surface area contributed by atoms with Crippen molar-refractivity contribution in [3.8, 4) is 0 Å². The second kappa shape index (κ2) is 12.2. The van der Waals surface area contributed by atoms with Crippen molar-refractivity contribution in [2.45, 2.75) is 96.2 Å². The molecule has 5 atom stereocenters. The van der Waals surface area contributed by atoms with Gasteiger partial charge >= 0.3 is 5.97 Å². The Morgan fingerprint density at radius 2 is 1.85 bits per heavy atom. The number of aliphatic hydroxyl groups excluding tert-OH is 1. The van der Waals surface area contributed by atoms with E-state index in [-0.39, 0.29) is 11.8 Å². The van der Waals surface area contributed by atoms with Crippen molar-refractivity contribution >= 4 is 34.2 Å². The zero-order valence-corrected chi connectivity index (χ0v) is 23.8. The van der Waals surface area contributed by atoms with Crippen LogP contribution in [0.4, 0.5) is 0 Å². The fourth-order valence-corrected chi connectivity index (χ4v) is 7.54. The van der Waals surface area contributed by atoms with Crippen LogP contribution in [-0.2, 0) is 11.2 Å². The third kappa shape index (κ3) is 6.07. The molecule has 0 radical (unpaired) electrons. The Morgan fingerprint density at radius 1 is 1.10 bits per heavy atom. The standard InChI is InChI=1S/C31H41N3O4S/c1-19-9-6-7-13-25(19)34-26-15-14-22(17-24(26)33-27(34)18-23-12-8-16-39-23)30(36)32-20(2)29(35)28(31(37)38)21-10-4-3-5-11-21/h8,12,14-17,19-21,25,28-29,35H,3-7,9-11,13,18H2,1-2H3,(H,32,36)(H,37,38)/t19-,20?,25-,28?,29?/m1/s1. The van der Waals surface area contributed by atoms with Gasteiger partial charge in [0.25, 0.3) is 5.91 Å². The number of aromatic nitrogens is 2. The van der Waals surface area contributed by atoms with Crippen LogP contribution in [-0.4, -0.2) is 43.8 Å². The van der Waals surface area contributed by atoms with Crippen molar-refractivity contribution in [1.82, 2.24) is 14.9 Å². The predicted octanol–water partition coefficient (Wildman–Crippen LogP) is 6.20. The first-order chi connectivity index (χ1) is 18.8. The lowest BCUT2D eigenvalue weighted by molar-refractivity contribution is -0.150. The molecule has 1 aromatic carbocycles. The van der Waals surface area contributed by atoms with E-state index in [0.717, 1.165) is 61.8 Å². The number of aliphatic hydroxyl groups is 1. The van der Waals surface area contributed by atoms with Crippen LogP contribution < -0.4 is 5.32 Å². The third-order valence-corrected chi connectivity index (χ3v) is 9.89. The smallest absolute Gasteiger partial charge is 0.309 e. The maximum Gasteiger partial charge on any atom is 0.309 e. The van der Waals surface area contributed by atoms with Gasteiger partial charge in [-0.15, -0.1) is 11.3 Å². The van der Waals surface area contributed by atoms with Crippen molar-refractivity contribution in [1.29, 1.82) is 0 Å². The molecule has 39 heavy (non-hydrogen) atoms. The molecule has 1 amide bonds. The van der Waals surface area contributed by atoms with E-state index in [0.29, 0.717) is 17.5 Å². The minimum Gasteiger partial charge on any atom is -0.481 e. The molecule has 2 saturated carbocycles. The first-order valence-corrected chi connectivity index (χ1v) is 15.5. The molecule has 3 aromatic rings. The number of hydrogen-bond acceptors (Lipinski definition) is 5. The second-order valence-electron chi connectivity index (χ2n) is 11.7. The first kappa shape index (κ1) is 27.8. The second-order valence-corrected chi connectivity index (χ2v) is 12.7. The highest BCUT2D eigenvalue weighted by atomic mass is 32.1. The van der Waals surface area contributed by atoms with E-state index in [1.54, 1.807) is 18.3 Å². The average molecular weight is 552 g/mol. The van der Waals surface area contributed by atoms with Gasteiger partial charge < -0.3 is 20.1 Å². The fraction of sp³-hybridized carbons (Fsp3) is 0.581. The summed E-state index contributed by atoms with van der Waals surface area (Å²) in [4.78, 5) is 31.6. The predicted molar refractivity (Wildman–Crippen MR) is 154 cm³/mol. The summed E-state index contributed by atoms with van der Waals surface area (Å²) < 4.78 is 2.41. The number of imidazole rings is 1. The van der Waals surface area contributed by atoms with Crippen molar-refractivity contribution in [2.24, 2.45) is 17.8 Å². The maximum absolute atomic E-state index is 13.3. The Hall–Kier alpha value is -2.71. The number of aliphatic carboxylic acids is 1. The molecule has 0 spiro atoms. The summed E-state index contributed by atoms with van der Waals surface area (Å²) in [7, 11) is 0. The molecule has 5 rings (SSSR count). The van der Waals surface area contributed by atoms with Crippen LogP contribution in [0.2, 0.25) is 0 Å². The Kier molecular flexibility index (Phi) is 8.72. The lowest BCUT2D eigenvalue weighted by Gasteiger charge is -2.33. The summed E-state index contributed by atoms with van der Waals surface area (Å²) >= 11 is 1.73. The van der Waals surface area contributed by atoms with Gasteiger partial charge in [0.15, 0.2) is 0 Å². The number of hydrogen-bond donors (Lipinski definition) is 3. The van der Waals surface area contributed by atoms with E-state index in [4.69, 9.17) is 4.98 Å². The van der Waals surface area contributed by atoms with Crippen LogP contribution in [0.1, 0.15) is 98.7 Å². The highest BCUT2D eigenvalue weighted by molar-refractivity contribution is 7.09. The molecule has 3 unspecified atom stereocenters. The SMILES string of the molecule is CC(NC(=O)c1ccc2c(c1)nc(Cc1cccs1)n2[C@@H]1CCCC[C@H]1C)C(O)C(C(=O)O)C1CCCCC1. The van der Waals surface area contributed by atoms with Crippen LogP contribution in [0.3, 0.4) is 0 Å². The highest BCUT2D eigenvalue weighted by Crippen LogP contribution is 2.38. The number of fused-ring (bicyclic) bond motifs is 1. The lowest BCUT2D eigenvalue weighted by Crippen LogP contribution is -2.49. The number of nitrogens with zero attached hydrogens (tertiary/aromatic N) is 2. The molecule has 8 heteroatoms. The number of thiophene rings is 1. The Bertz CT molecular complexity index is 1280. The molecule has 2 aliphatic carbocycles. The number of carboxylic acid groups (broad SMARTS) is 1. The molecular weight excluding hydrogens is 510 g/mol. The summed E-state index contributed by atoms with van der Waals surface area (Å²) in [6, 6.07) is 9.57. The summed E-state index contributed by atoms with van der Waals surface area (Å²) in [5.74, 6) is -0.653. The van der Waals surface area contributed by atoms with E-state index in [1.807, 2.05) is 18.2 Å². The van der Waals surface area contributed by atoms with Crippen LogP contribution in [0.25, 0.3) is 11.0 Å². The summed E-state index contributed by atoms with van der Waals surface area (Å²) in [6.45, 7) is 4.02. The van der Waals surface area contributed by atoms with E-state index in [1.165, 1.54) is 24.1 Å². The van der Waals surface area contributed by atoms with E-state index in [2.05, 4.69) is 34.3 Å². The van der Waals surface area contributed by atoms with Gasteiger partial charge in [-0.3, -0.25) is 9.59 Å². The monoisotopic (exact) mass is 551 g/mol. The topological polar surface area (TPSA) is 104 Å². The van der Waals surface area contributed by atoms with Crippen molar-refractivity contribution in [2.75, 3.05) is 0 Å². The summed E-state index contributed by atoms with van der Waals surface area (Å²) in [6.07, 6.45) is 9.14. The Labute approximate surface area is 234 Å². The first-order valence-electron chi connectivity index (χ1n) is 14.6. The van der Waals surface area contributed by atoms with Gasteiger partial charge in [0, 0.05) is 22.9 Å². The van der Waals surface area contributed by atoms with Crippen LogP contribution >= 0.6 is 11.3 Å². The molecule has 3 N–H and O–H groups in total. The summed E-state index contributed by atoms with van der Waals surface area (Å²) in [5.41, 5.74) is 2.31. The minimum atomic E-state index is -1.15. The third-order valence-electron chi connectivity index (χ3n) is 9.02. The van der Waals surface area contributed by atoms with E-state index >= 15 is 0 Å². The molecule has 0 saturated heterocycles. The molecule has 2 fully saturated rings. The van der Waals surface area contributed by atoms with E-state index < -0.39 is 24.0 Å². The Balaban J connectivity index is 1.38. The minimum absolute atomic E-state index is 0.0603. The lowest BCUT2D eigenvalue weighted by atomic mass is 9.76. The van der Waals surface area contributed by atoms with Gasteiger partial charge in [-0.2, -0.15) is 0 Å². The summed E-state index contributed by atoms with van der Waals surface area (Å²) in [5, 5.41) is 25.8. The van der Waals surface area contributed by atoms with E-state index in [9.17, 15) is 19.8 Å². The molecular formula is C31H41N3O4S. The average Bonchev–Trinajstić information content (AvgIpc) is 3.56. The number of amides is 1. The van der Waals surface area contributed by atoms with Gasteiger partial charge in [0.2, 0.25) is 0 Å². The Morgan fingerprint density at radius 3 is 2.54 bits per heavy atom. The number of carbonyl (C=O) groups excluding carboxylic acids is 1. The number of carboxylic acids is 1. The quantitative estimate of drug-likeness (QED) is 0.294. The maximum atomic E-state index is 13.3. The van der Waals surface area contributed by atoms with Gasteiger partial charge in [-0.25, -0.2) is 4.98 Å². The fourth-order valence-electron chi connectivity index (χ4n) is 6.84.